The molecule has 1 saturated carbocycles. The molecular weight excluding hydrogens is 230 g/mol. The monoisotopic (exact) mass is 255 g/mol. The molecule has 2 heterocycles. The first-order chi connectivity index (χ1) is 8.72. The molecule has 18 heavy (non-hydrogen) atoms. The molecule has 0 aromatic heterocycles. The largest absolute Gasteiger partial charge is 0.396 e. The number of fused-ring (bicyclic) bond motifs is 1. The van der Waals surface area contributed by atoms with E-state index in [2.05, 4.69) is 4.90 Å². The van der Waals surface area contributed by atoms with Crippen LogP contribution in [0.5, 0.6) is 0 Å². The highest BCUT2D eigenvalue weighted by Gasteiger charge is 2.44. The SMILES string of the molecule is OCC1(CN2CC3CCC(O)C3C2)CCOCC1. The van der Waals surface area contributed by atoms with E-state index < -0.39 is 0 Å². The van der Waals surface area contributed by atoms with Crippen molar-refractivity contribution in [2.24, 2.45) is 17.3 Å². The third-order valence-corrected chi connectivity index (χ3v) is 5.34. The number of hydrogen-bond donors (Lipinski definition) is 2. The predicted octanol–water partition coefficient (Wildman–Crippen LogP) is 0.478. The second kappa shape index (κ2) is 5.08. The lowest BCUT2D eigenvalue weighted by atomic mass is 9.80. The number of aliphatic hydroxyl groups is 2. The highest BCUT2D eigenvalue weighted by molar-refractivity contribution is 4.96. The summed E-state index contributed by atoms with van der Waals surface area (Å²) >= 11 is 0. The average molecular weight is 255 g/mol. The minimum Gasteiger partial charge on any atom is -0.396 e. The summed E-state index contributed by atoms with van der Waals surface area (Å²) in [6.07, 6.45) is 4.02. The van der Waals surface area contributed by atoms with Gasteiger partial charge in [0.05, 0.1) is 12.7 Å². The van der Waals surface area contributed by atoms with Crippen LogP contribution >= 0.6 is 0 Å². The van der Waals surface area contributed by atoms with Crippen molar-refractivity contribution in [1.82, 2.24) is 4.90 Å². The number of likely N-dealkylation sites (tertiary alicyclic amines) is 1. The first-order valence-corrected chi connectivity index (χ1v) is 7.31. The fourth-order valence-electron chi connectivity index (χ4n) is 4.10. The third-order valence-electron chi connectivity index (χ3n) is 5.34. The Balaban J connectivity index is 1.60. The van der Waals surface area contributed by atoms with Crippen LogP contribution in [0.4, 0.5) is 0 Å². The van der Waals surface area contributed by atoms with Crippen LogP contribution in [0.15, 0.2) is 0 Å². The normalized spacial score (nSPS) is 40.0. The van der Waals surface area contributed by atoms with Gasteiger partial charge < -0.3 is 19.8 Å². The maximum Gasteiger partial charge on any atom is 0.0583 e. The van der Waals surface area contributed by atoms with Gasteiger partial charge in [0.25, 0.3) is 0 Å². The Labute approximate surface area is 109 Å². The van der Waals surface area contributed by atoms with Crippen molar-refractivity contribution in [3.8, 4) is 0 Å². The molecule has 3 unspecified atom stereocenters. The van der Waals surface area contributed by atoms with Crippen molar-refractivity contribution in [3.05, 3.63) is 0 Å². The summed E-state index contributed by atoms with van der Waals surface area (Å²) in [5.41, 5.74) is 0.0435. The Kier molecular flexibility index (Phi) is 3.63. The van der Waals surface area contributed by atoms with E-state index in [0.29, 0.717) is 11.8 Å². The summed E-state index contributed by atoms with van der Waals surface area (Å²) < 4.78 is 5.41. The Hall–Kier alpha value is -0.160. The van der Waals surface area contributed by atoms with E-state index in [0.717, 1.165) is 52.1 Å². The van der Waals surface area contributed by atoms with Gasteiger partial charge in [-0.3, -0.25) is 0 Å². The molecule has 3 aliphatic rings. The zero-order chi connectivity index (χ0) is 12.6. The Bertz CT molecular complexity index is 291. The van der Waals surface area contributed by atoms with Crippen LogP contribution in [0.2, 0.25) is 0 Å². The van der Waals surface area contributed by atoms with Crippen molar-refractivity contribution in [2.45, 2.75) is 31.8 Å². The summed E-state index contributed by atoms with van der Waals surface area (Å²) in [5.74, 6) is 1.18. The van der Waals surface area contributed by atoms with Gasteiger partial charge in [-0.1, -0.05) is 0 Å². The zero-order valence-corrected chi connectivity index (χ0v) is 11.1. The quantitative estimate of drug-likeness (QED) is 0.770. The molecule has 0 amide bonds. The van der Waals surface area contributed by atoms with Gasteiger partial charge in [-0.15, -0.1) is 0 Å². The van der Waals surface area contributed by atoms with Crippen molar-refractivity contribution >= 4 is 0 Å². The van der Waals surface area contributed by atoms with E-state index in [1.54, 1.807) is 0 Å². The molecular formula is C14H25NO3. The maximum atomic E-state index is 9.95. The van der Waals surface area contributed by atoms with Crippen LogP contribution in [-0.4, -0.2) is 60.7 Å². The molecule has 0 aromatic rings. The van der Waals surface area contributed by atoms with Gasteiger partial charge in [0.2, 0.25) is 0 Å². The van der Waals surface area contributed by atoms with Gasteiger partial charge in [-0.05, 0) is 31.6 Å². The topological polar surface area (TPSA) is 52.9 Å². The smallest absolute Gasteiger partial charge is 0.0583 e. The van der Waals surface area contributed by atoms with Crippen LogP contribution in [0.3, 0.4) is 0 Å². The van der Waals surface area contributed by atoms with Crippen LogP contribution in [-0.2, 0) is 4.74 Å². The summed E-state index contributed by atoms with van der Waals surface area (Å²) in [6, 6.07) is 0. The first-order valence-electron chi connectivity index (χ1n) is 7.31. The number of hydrogen-bond acceptors (Lipinski definition) is 4. The molecule has 4 nitrogen and oxygen atoms in total. The lowest BCUT2D eigenvalue weighted by Gasteiger charge is -2.38. The van der Waals surface area contributed by atoms with E-state index in [9.17, 15) is 10.2 Å². The van der Waals surface area contributed by atoms with E-state index in [1.165, 1.54) is 6.42 Å². The summed E-state index contributed by atoms with van der Waals surface area (Å²) in [4.78, 5) is 2.47. The van der Waals surface area contributed by atoms with E-state index in [1.807, 2.05) is 0 Å². The highest BCUT2D eigenvalue weighted by Crippen LogP contribution is 2.40. The number of nitrogens with zero attached hydrogens (tertiary/aromatic N) is 1. The molecule has 2 saturated heterocycles. The first kappa shape index (κ1) is 12.9. The molecule has 0 spiro atoms. The van der Waals surface area contributed by atoms with Crippen molar-refractivity contribution in [1.29, 1.82) is 0 Å². The van der Waals surface area contributed by atoms with Crippen LogP contribution in [0.25, 0.3) is 0 Å². The van der Waals surface area contributed by atoms with Crippen LogP contribution in [0, 0.1) is 17.3 Å². The highest BCUT2D eigenvalue weighted by atomic mass is 16.5. The lowest BCUT2D eigenvalue weighted by molar-refractivity contribution is -0.0329. The van der Waals surface area contributed by atoms with Gasteiger partial charge in [-0.25, -0.2) is 0 Å². The van der Waals surface area contributed by atoms with Gasteiger partial charge >= 0.3 is 0 Å². The third kappa shape index (κ3) is 2.31. The van der Waals surface area contributed by atoms with E-state index in [4.69, 9.17) is 4.74 Å². The lowest BCUT2D eigenvalue weighted by Crippen LogP contribution is -2.43. The van der Waals surface area contributed by atoms with E-state index >= 15 is 0 Å². The predicted molar refractivity (Wildman–Crippen MR) is 68.2 cm³/mol. The maximum absolute atomic E-state index is 9.95. The molecule has 2 N–H and O–H groups in total. The average Bonchev–Trinajstić information content (AvgIpc) is 2.93. The summed E-state index contributed by atoms with van der Waals surface area (Å²) in [6.45, 7) is 4.95. The van der Waals surface area contributed by atoms with Crippen LogP contribution in [0.1, 0.15) is 25.7 Å². The summed E-state index contributed by atoms with van der Waals surface area (Å²) in [5, 5.41) is 19.7. The zero-order valence-electron chi connectivity index (χ0n) is 11.1. The number of rotatable bonds is 3. The molecule has 3 rings (SSSR count). The second-order valence-electron chi connectivity index (χ2n) is 6.53. The molecule has 3 fully saturated rings. The number of aliphatic hydroxyl groups excluding tert-OH is 2. The van der Waals surface area contributed by atoms with E-state index in [-0.39, 0.29) is 18.1 Å². The van der Waals surface area contributed by atoms with Gasteiger partial charge in [0.1, 0.15) is 0 Å². The molecule has 0 bridgehead atoms. The fraction of sp³-hybridized carbons (Fsp3) is 1.00. The molecule has 0 radical (unpaired) electrons. The van der Waals surface area contributed by atoms with Crippen LogP contribution < -0.4 is 0 Å². The van der Waals surface area contributed by atoms with Crippen molar-refractivity contribution < 1.29 is 14.9 Å². The van der Waals surface area contributed by atoms with Gasteiger partial charge in [0.15, 0.2) is 0 Å². The van der Waals surface area contributed by atoms with Crippen molar-refractivity contribution in [3.63, 3.8) is 0 Å². The van der Waals surface area contributed by atoms with Gasteiger partial charge in [-0.2, -0.15) is 0 Å². The molecule has 0 aromatic carbocycles. The minimum absolute atomic E-state index is 0.0435. The Morgan fingerprint density at radius 2 is 1.94 bits per heavy atom. The molecule has 3 atom stereocenters. The molecule has 4 heteroatoms. The standard InChI is InChI=1S/C14H25NO3/c16-10-14(3-5-18-6-4-14)9-15-7-11-1-2-13(17)12(11)8-15/h11-13,16-17H,1-10H2. The Morgan fingerprint density at radius 1 is 1.17 bits per heavy atom. The van der Waals surface area contributed by atoms with Gasteiger partial charge in [0, 0.05) is 44.2 Å². The number of ether oxygens (including phenoxy) is 1. The second-order valence-corrected chi connectivity index (χ2v) is 6.53. The van der Waals surface area contributed by atoms with Crippen molar-refractivity contribution in [2.75, 3.05) is 39.5 Å². The molecule has 1 aliphatic carbocycles. The Morgan fingerprint density at radius 3 is 2.61 bits per heavy atom. The summed E-state index contributed by atoms with van der Waals surface area (Å²) in [7, 11) is 0. The minimum atomic E-state index is -0.0836. The molecule has 2 aliphatic heterocycles. The fourth-order valence-corrected chi connectivity index (χ4v) is 4.10. The molecule has 104 valence electrons.